The largest absolute Gasteiger partial charge is 0.497 e. The highest BCUT2D eigenvalue weighted by molar-refractivity contribution is 5.78. The number of rotatable bonds is 9. The maximum absolute atomic E-state index is 12.5. The lowest BCUT2D eigenvalue weighted by atomic mass is 9.74. The summed E-state index contributed by atoms with van der Waals surface area (Å²) in [4.78, 5) is 26.9. The van der Waals surface area contributed by atoms with E-state index in [2.05, 4.69) is 5.32 Å². The van der Waals surface area contributed by atoms with Gasteiger partial charge in [0.05, 0.1) is 13.7 Å². The summed E-state index contributed by atoms with van der Waals surface area (Å²) in [6, 6.07) is 8.06. The quantitative estimate of drug-likeness (QED) is 0.706. The van der Waals surface area contributed by atoms with Gasteiger partial charge in [-0.2, -0.15) is 0 Å². The molecule has 1 aliphatic carbocycles. The van der Waals surface area contributed by atoms with E-state index in [1.54, 1.807) is 14.2 Å². The summed E-state index contributed by atoms with van der Waals surface area (Å²) >= 11 is 0. The molecule has 1 aromatic carbocycles. The molecule has 0 unspecified atom stereocenters. The lowest BCUT2D eigenvalue weighted by Gasteiger charge is -2.46. The van der Waals surface area contributed by atoms with Crippen LogP contribution in [0.4, 0.5) is 0 Å². The van der Waals surface area contributed by atoms with E-state index in [-0.39, 0.29) is 23.3 Å². The molecule has 1 saturated carbocycles. The molecular weight excluding hydrogens is 356 g/mol. The van der Waals surface area contributed by atoms with Crippen LogP contribution in [0, 0.1) is 5.41 Å². The van der Waals surface area contributed by atoms with Crippen molar-refractivity contribution in [1.29, 1.82) is 0 Å². The zero-order valence-electron chi connectivity index (χ0n) is 17.0. The second kappa shape index (κ2) is 9.41. The number of piperidine rings is 1. The lowest BCUT2D eigenvalue weighted by Crippen LogP contribution is -2.56. The van der Waals surface area contributed by atoms with Gasteiger partial charge in [-0.25, -0.2) is 0 Å². The van der Waals surface area contributed by atoms with Crippen LogP contribution in [0.25, 0.3) is 0 Å². The van der Waals surface area contributed by atoms with Crippen molar-refractivity contribution in [1.82, 2.24) is 10.2 Å². The predicted molar refractivity (Wildman–Crippen MR) is 107 cm³/mol. The summed E-state index contributed by atoms with van der Waals surface area (Å²) < 4.78 is 10.4. The average Bonchev–Trinajstić information content (AvgIpc) is 3.15. The van der Waals surface area contributed by atoms with E-state index in [0.29, 0.717) is 39.0 Å². The number of nitrogens with zero attached hydrogens (tertiary/aromatic N) is 1. The normalized spacial score (nSPS) is 24.1. The molecular formula is C22H32N2O4. The number of carbonyl (C=O) groups excluding carboxylic acids is 2. The number of hydrogen-bond acceptors (Lipinski definition) is 4. The molecule has 154 valence electrons. The fourth-order valence-corrected chi connectivity index (χ4v) is 4.79. The van der Waals surface area contributed by atoms with Crippen LogP contribution in [0.15, 0.2) is 24.3 Å². The Hall–Kier alpha value is -2.08. The molecule has 2 fully saturated rings. The van der Waals surface area contributed by atoms with Gasteiger partial charge in [0.15, 0.2) is 0 Å². The molecule has 2 atom stereocenters. The summed E-state index contributed by atoms with van der Waals surface area (Å²) in [6.45, 7) is 1.86. The van der Waals surface area contributed by atoms with Crippen molar-refractivity contribution in [2.75, 3.05) is 33.9 Å². The molecule has 0 spiro atoms. The Balaban J connectivity index is 1.54. The molecule has 0 bridgehead atoms. The van der Waals surface area contributed by atoms with Crippen LogP contribution >= 0.6 is 0 Å². The van der Waals surface area contributed by atoms with E-state index < -0.39 is 0 Å². The Morgan fingerprint density at radius 2 is 2.18 bits per heavy atom. The summed E-state index contributed by atoms with van der Waals surface area (Å²) in [5.74, 6) is 1.11. The highest BCUT2D eigenvalue weighted by Crippen LogP contribution is 2.47. The minimum absolute atomic E-state index is 0.0211. The molecule has 0 radical (unpaired) electrons. The van der Waals surface area contributed by atoms with Crippen molar-refractivity contribution in [2.45, 2.75) is 51.0 Å². The number of carbonyl (C=O) groups is 2. The van der Waals surface area contributed by atoms with Crippen molar-refractivity contribution in [3.8, 4) is 5.75 Å². The minimum atomic E-state index is 0.0211. The first-order chi connectivity index (χ1) is 13.6. The minimum Gasteiger partial charge on any atom is -0.497 e. The van der Waals surface area contributed by atoms with Crippen molar-refractivity contribution < 1.29 is 19.1 Å². The number of amides is 2. The highest BCUT2D eigenvalue weighted by atomic mass is 16.5. The molecule has 2 amide bonds. The monoisotopic (exact) mass is 388 g/mol. The maximum atomic E-state index is 12.5. The zero-order chi connectivity index (χ0) is 20.0. The summed E-state index contributed by atoms with van der Waals surface area (Å²) in [5, 5.41) is 3.17. The Labute approximate surface area is 167 Å². The van der Waals surface area contributed by atoms with Gasteiger partial charge in [0.25, 0.3) is 0 Å². The van der Waals surface area contributed by atoms with Crippen LogP contribution in [0.3, 0.4) is 0 Å². The number of fused-ring (bicyclic) bond motifs is 1. The Morgan fingerprint density at radius 3 is 2.96 bits per heavy atom. The molecule has 6 nitrogen and oxygen atoms in total. The summed E-state index contributed by atoms with van der Waals surface area (Å²) in [5.41, 5.74) is 1.12. The van der Waals surface area contributed by atoms with Crippen LogP contribution in [0.2, 0.25) is 0 Å². The molecule has 1 aromatic rings. The van der Waals surface area contributed by atoms with Gasteiger partial charge in [-0.05, 0) is 43.4 Å². The molecule has 0 aromatic heterocycles. The third kappa shape index (κ3) is 4.66. The highest BCUT2D eigenvalue weighted by Gasteiger charge is 2.50. The lowest BCUT2D eigenvalue weighted by molar-refractivity contribution is -0.142. The smallest absolute Gasteiger partial charge is 0.222 e. The van der Waals surface area contributed by atoms with Crippen LogP contribution in [0.1, 0.15) is 44.1 Å². The van der Waals surface area contributed by atoms with Crippen LogP contribution < -0.4 is 10.1 Å². The van der Waals surface area contributed by atoms with Gasteiger partial charge < -0.3 is 19.7 Å². The fourth-order valence-electron chi connectivity index (χ4n) is 4.79. The third-order valence-corrected chi connectivity index (χ3v) is 6.34. The van der Waals surface area contributed by atoms with Gasteiger partial charge in [-0.1, -0.05) is 18.6 Å². The van der Waals surface area contributed by atoms with E-state index in [9.17, 15) is 9.59 Å². The summed E-state index contributed by atoms with van der Waals surface area (Å²) in [6.07, 6.45) is 5.80. The predicted octanol–water partition coefficient (Wildman–Crippen LogP) is 2.55. The first kappa shape index (κ1) is 20.6. The second-order valence-electron chi connectivity index (χ2n) is 7.98. The number of likely N-dealkylation sites (tertiary alicyclic amines) is 1. The number of hydrogen-bond donors (Lipinski definition) is 1. The molecule has 1 aliphatic heterocycles. The first-order valence-corrected chi connectivity index (χ1v) is 10.3. The van der Waals surface area contributed by atoms with Crippen molar-refractivity contribution >= 4 is 11.8 Å². The van der Waals surface area contributed by atoms with Crippen molar-refractivity contribution in [3.63, 3.8) is 0 Å². The zero-order valence-corrected chi connectivity index (χ0v) is 17.0. The van der Waals surface area contributed by atoms with E-state index in [1.165, 1.54) is 0 Å². The average molecular weight is 389 g/mol. The number of nitrogens with one attached hydrogen (secondary N) is 1. The van der Waals surface area contributed by atoms with Crippen LogP contribution in [0.5, 0.6) is 5.75 Å². The number of aryl methyl sites for hydroxylation is 1. The fraction of sp³-hybridized carbons (Fsp3) is 0.636. The van der Waals surface area contributed by atoms with Crippen LogP contribution in [-0.2, 0) is 20.7 Å². The van der Waals surface area contributed by atoms with Gasteiger partial charge in [-0.3, -0.25) is 9.59 Å². The van der Waals surface area contributed by atoms with Gasteiger partial charge in [0.2, 0.25) is 11.8 Å². The molecule has 3 rings (SSSR count). The van der Waals surface area contributed by atoms with E-state index in [4.69, 9.17) is 9.47 Å². The Bertz CT molecular complexity index is 693. The summed E-state index contributed by atoms with van der Waals surface area (Å²) in [7, 11) is 3.31. The molecule has 28 heavy (non-hydrogen) atoms. The first-order valence-electron chi connectivity index (χ1n) is 10.3. The van der Waals surface area contributed by atoms with Gasteiger partial charge in [0, 0.05) is 44.5 Å². The van der Waals surface area contributed by atoms with Gasteiger partial charge in [-0.15, -0.1) is 0 Å². The maximum Gasteiger partial charge on any atom is 0.222 e. The molecule has 1 N–H and O–H groups in total. The Morgan fingerprint density at radius 1 is 1.32 bits per heavy atom. The van der Waals surface area contributed by atoms with Crippen molar-refractivity contribution in [2.24, 2.45) is 5.41 Å². The topological polar surface area (TPSA) is 67.9 Å². The molecule has 2 aliphatic rings. The number of ether oxygens (including phenoxy) is 2. The van der Waals surface area contributed by atoms with E-state index in [1.807, 2.05) is 29.2 Å². The van der Waals surface area contributed by atoms with Gasteiger partial charge in [0.1, 0.15) is 5.75 Å². The van der Waals surface area contributed by atoms with E-state index >= 15 is 0 Å². The van der Waals surface area contributed by atoms with E-state index in [0.717, 1.165) is 37.0 Å². The number of methoxy groups -OCH3 is 2. The Kier molecular flexibility index (Phi) is 6.94. The van der Waals surface area contributed by atoms with Crippen LogP contribution in [-0.4, -0.2) is 56.7 Å². The standard InChI is InChI=1S/C22H32N2O4/c1-27-14-13-24-19-7-4-11-22(19,12-10-21(24)26)16-23-20(25)9-8-17-5-3-6-18(15-17)28-2/h3,5-6,15,19H,4,7-14,16H2,1-2H3,(H,23,25)/t19-,22+/m1/s1. The molecule has 1 saturated heterocycles. The SMILES string of the molecule is COCCN1C(=O)CC[C@]2(CNC(=O)CCc3cccc(OC)c3)CCC[C@@H]12. The second-order valence-corrected chi connectivity index (χ2v) is 7.98. The molecule has 6 heteroatoms. The van der Waals surface area contributed by atoms with Crippen molar-refractivity contribution in [3.05, 3.63) is 29.8 Å². The number of benzene rings is 1. The molecule has 1 heterocycles. The van der Waals surface area contributed by atoms with Gasteiger partial charge >= 0.3 is 0 Å². The third-order valence-electron chi connectivity index (χ3n) is 6.34.